The van der Waals surface area contributed by atoms with Crippen molar-refractivity contribution in [2.45, 2.75) is 26.9 Å². The van der Waals surface area contributed by atoms with E-state index in [2.05, 4.69) is 31.0 Å². The van der Waals surface area contributed by atoms with Crippen molar-refractivity contribution < 1.29 is 4.74 Å². The van der Waals surface area contributed by atoms with Crippen LogP contribution in [0.3, 0.4) is 0 Å². The van der Waals surface area contributed by atoms with Crippen molar-refractivity contribution >= 4 is 32.9 Å². The van der Waals surface area contributed by atoms with Gasteiger partial charge in [0, 0.05) is 23.8 Å². The Bertz CT molecular complexity index is 1020. The third-order valence-corrected chi connectivity index (χ3v) is 5.06. The number of nitrogens with one attached hydrogen (secondary N) is 1. The van der Waals surface area contributed by atoms with Gasteiger partial charge in [-0.25, -0.2) is 4.68 Å². The number of hydrogen-bond donors (Lipinski definition) is 1. The van der Waals surface area contributed by atoms with Gasteiger partial charge in [0.2, 0.25) is 5.95 Å². The highest BCUT2D eigenvalue weighted by molar-refractivity contribution is 9.10. The van der Waals surface area contributed by atoms with Gasteiger partial charge in [0.15, 0.2) is 5.65 Å². The summed E-state index contributed by atoms with van der Waals surface area (Å²) in [6, 6.07) is 4.07. The van der Waals surface area contributed by atoms with Gasteiger partial charge in [-0.2, -0.15) is 4.98 Å². The highest BCUT2D eigenvalue weighted by atomic mass is 79.9. The first-order valence-corrected chi connectivity index (χ1v) is 9.35. The molecular formula is C18H20BrN5O2. The average molecular weight is 418 g/mol. The van der Waals surface area contributed by atoms with Gasteiger partial charge < -0.3 is 9.64 Å². The summed E-state index contributed by atoms with van der Waals surface area (Å²) in [5, 5.41) is 5.07. The molecule has 26 heavy (non-hydrogen) atoms. The predicted octanol–water partition coefficient (Wildman–Crippen LogP) is 2.71. The van der Waals surface area contributed by atoms with Crippen LogP contribution in [-0.4, -0.2) is 45.5 Å². The van der Waals surface area contributed by atoms with E-state index in [0.717, 1.165) is 21.3 Å². The summed E-state index contributed by atoms with van der Waals surface area (Å²) in [5.41, 5.74) is 3.38. The maximum atomic E-state index is 12.6. The van der Waals surface area contributed by atoms with Crippen molar-refractivity contribution in [2.24, 2.45) is 0 Å². The maximum absolute atomic E-state index is 12.6. The molecule has 0 amide bonds. The van der Waals surface area contributed by atoms with Crippen molar-refractivity contribution in [3.63, 3.8) is 0 Å². The minimum Gasteiger partial charge on any atom is -0.375 e. The van der Waals surface area contributed by atoms with Crippen molar-refractivity contribution in [1.29, 1.82) is 0 Å². The Hall–Kier alpha value is -2.19. The number of nitrogens with zero attached hydrogens (tertiary/aromatic N) is 4. The number of anilines is 1. The Morgan fingerprint density at radius 1 is 1.31 bits per heavy atom. The molecule has 8 heteroatoms. The quantitative estimate of drug-likeness (QED) is 0.693. The lowest BCUT2D eigenvalue weighted by Crippen LogP contribution is -2.42. The minimum atomic E-state index is -0.178. The summed E-state index contributed by atoms with van der Waals surface area (Å²) < 4.78 is 8.33. The number of aromatic amines is 1. The van der Waals surface area contributed by atoms with E-state index in [0.29, 0.717) is 36.7 Å². The van der Waals surface area contributed by atoms with Crippen molar-refractivity contribution in [1.82, 2.24) is 19.7 Å². The molecule has 3 heterocycles. The van der Waals surface area contributed by atoms with Crippen LogP contribution in [0.25, 0.3) is 16.7 Å². The minimum absolute atomic E-state index is 0.107. The fourth-order valence-electron chi connectivity index (χ4n) is 3.44. The van der Waals surface area contributed by atoms with Gasteiger partial charge in [-0.05, 0) is 44.0 Å². The first-order valence-electron chi connectivity index (χ1n) is 8.56. The number of rotatable bonds is 2. The summed E-state index contributed by atoms with van der Waals surface area (Å²) in [6.07, 6.45) is 1.85. The zero-order valence-electron chi connectivity index (χ0n) is 14.9. The van der Waals surface area contributed by atoms with Gasteiger partial charge in [0.1, 0.15) is 5.39 Å². The number of hydrogen-bond acceptors (Lipinski definition) is 5. The SMILES string of the molecule is Cc1cc(Br)cc(C)c1-n1cc2c(=O)[nH]c(N3CCO[C@H](C)C3)nc2n1. The highest BCUT2D eigenvalue weighted by Crippen LogP contribution is 2.25. The van der Waals surface area contributed by atoms with E-state index in [9.17, 15) is 4.79 Å². The number of morpholine rings is 1. The van der Waals surface area contributed by atoms with E-state index >= 15 is 0 Å². The first-order chi connectivity index (χ1) is 12.4. The molecule has 0 radical (unpaired) electrons. The Morgan fingerprint density at radius 3 is 2.73 bits per heavy atom. The molecule has 136 valence electrons. The molecule has 1 aromatic carbocycles. The number of ether oxygens (including phenoxy) is 1. The molecule has 0 aliphatic carbocycles. The Balaban J connectivity index is 1.81. The third-order valence-electron chi connectivity index (χ3n) is 4.60. The molecule has 2 aromatic heterocycles. The highest BCUT2D eigenvalue weighted by Gasteiger charge is 2.20. The number of benzene rings is 1. The normalized spacial score (nSPS) is 17.8. The smallest absolute Gasteiger partial charge is 0.263 e. The standard InChI is InChI=1S/C18H20BrN5O2/c1-10-6-13(19)7-11(2)15(10)24-9-14-16(22-24)20-18(21-17(14)25)23-4-5-26-12(3)8-23/h6-7,9,12H,4-5,8H2,1-3H3,(H,20,21,22,25)/t12-/m1/s1. The molecule has 4 rings (SSSR count). The Labute approximate surface area is 159 Å². The van der Waals surface area contributed by atoms with Gasteiger partial charge in [0.05, 0.1) is 18.4 Å². The molecule has 1 fully saturated rings. The molecular weight excluding hydrogens is 398 g/mol. The third kappa shape index (κ3) is 3.03. The number of fused-ring (bicyclic) bond motifs is 1. The largest absolute Gasteiger partial charge is 0.375 e. The lowest BCUT2D eigenvalue weighted by molar-refractivity contribution is 0.0526. The zero-order chi connectivity index (χ0) is 18.4. The van der Waals surface area contributed by atoms with Gasteiger partial charge >= 0.3 is 0 Å². The first kappa shape index (κ1) is 17.2. The topological polar surface area (TPSA) is 76.0 Å². The lowest BCUT2D eigenvalue weighted by atomic mass is 10.1. The van der Waals surface area contributed by atoms with E-state index in [1.807, 2.05) is 37.8 Å². The monoisotopic (exact) mass is 417 g/mol. The lowest BCUT2D eigenvalue weighted by Gasteiger charge is -2.31. The van der Waals surface area contributed by atoms with Gasteiger partial charge in [-0.15, -0.1) is 5.10 Å². The molecule has 1 atom stereocenters. The summed E-state index contributed by atoms with van der Waals surface area (Å²) in [4.78, 5) is 22.1. The Morgan fingerprint density at radius 2 is 2.04 bits per heavy atom. The van der Waals surface area contributed by atoms with Crippen LogP contribution in [0.1, 0.15) is 18.1 Å². The number of aryl methyl sites for hydroxylation is 2. The molecule has 1 N–H and O–H groups in total. The molecule has 0 spiro atoms. The molecule has 0 unspecified atom stereocenters. The van der Waals surface area contributed by atoms with E-state index in [4.69, 9.17) is 4.74 Å². The fraction of sp³-hybridized carbons (Fsp3) is 0.389. The van der Waals surface area contributed by atoms with Crippen LogP contribution >= 0.6 is 15.9 Å². The number of aromatic nitrogens is 4. The second kappa shape index (κ2) is 6.51. The summed E-state index contributed by atoms with van der Waals surface area (Å²) in [5.74, 6) is 0.548. The van der Waals surface area contributed by atoms with Crippen molar-refractivity contribution in [2.75, 3.05) is 24.6 Å². The second-order valence-electron chi connectivity index (χ2n) is 6.72. The van der Waals surface area contributed by atoms with E-state index < -0.39 is 0 Å². The van der Waals surface area contributed by atoms with Crippen LogP contribution in [0, 0.1) is 13.8 Å². The molecule has 1 saturated heterocycles. The van der Waals surface area contributed by atoms with Crippen LogP contribution in [0.4, 0.5) is 5.95 Å². The molecule has 1 aliphatic rings. The molecule has 3 aromatic rings. The Kier molecular flexibility index (Phi) is 4.32. The van der Waals surface area contributed by atoms with Crippen LogP contribution < -0.4 is 10.5 Å². The fourth-order valence-corrected chi connectivity index (χ4v) is 4.13. The van der Waals surface area contributed by atoms with Crippen molar-refractivity contribution in [3.8, 4) is 5.69 Å². The van der Waals surface area contributed by atoms with Gasteiger partial charge in [-0.1, -0.05) is 15.9 Å². The summed E-state index contributed by atoms with van der Waals surface area (Å²) in [7, 11) is 0. The molecule has 7 nitrogen and oxygen atoms in total. The number of H-pyrrole nitrogens is 1. The van der Waals surface area contributed by atoms with E-state index in [-0.39, 0.29) is 11.7 Å². The molecule has 1 aliphatic heterocycles. The van der Waals surface area contributed by atoms with Gasteiger partial charge in [-0.3, -0.25) is 9.78 Å². The van der Waals surface area contributed by atoms with Crippen LogP contribution in [0.2, 0.25) is 0 Å². The van der Waals surface area contributed by atoms with E-state index in [1.165, 1.54) is 0 Å². The van der Waals surface area contributed by atoms with E-state index in [1.54, 1.807) is 10.9 Å². The van der Waals surface area contributed by atoms with Crippen LogP contribution in [0.15, 0.2) is 27.6 Å². The summed E-state index contributed by atoms with van der Waals surface area (Å²) in [6.45, 7) is 8.07. The predicted molar refractivity (Wildman–Crippen MR) is 104 cm³/mol. The molecule has 0 saturated carbocycles. The molecule has 0 bridgehead atoms. The van der Waals surface area contributed by atoms with Crippen LogP contribution in [0.5, 0.6) is 0 Å². The van der Waals surface area contributed by atoms with Gasteiger partial charge in [0.25, 0.3) is 5.56 Å². The van der Waals surface area contributed by atoms with Crippen molar-refractivity contribution in [3.05, 3.63) is 44.3 Å². The summed E-state index contributed by atoms with van der Waals surface area (Å²) >= 11 is 3.51. The average Bonchev–Trinajstić information content (AvgIpc) is 2.98. The zero-order valence-corrected chi connectivity index (χ0v) is 16.5. The van der Waals surface area contributed by atoms with Crippen LogP contribution in [-0.2, 0) is 4.74 Å². The maximum Gasteiger partial charge on any atom is 0.263 e. The second-order valence-corrected chi connectivity index (χ2v) is 7.63. The number of halogens is 1.